The summed E-state index contributed by atoms with van der Waals surface area (Å²) >= 11 is 0. The van der Waals surface area contributed by atoms with Crippen LogP contribution in [0.5, 0.6) is 0 Å². The number of carbonyl (C=O) groups excluding carboxylic acids is 1. The minimum Gasteiger partial charge on any atom is -0.388 e. The van der Waals surface area contributed by atoms with Crippen molar-refractivity contribution in [1.82, 2.24) is 0 Å². The van der Waals surface area contributed by atoms with Gasteiger partial charge in [-0.25, -0.2) is 0 Å². The topological polar surface area (TPSA) is 87.0 Å². The third-order valence-electron chi connectivity index (χ3n) is 12.4. The van der Waals surface area contributed by atoms with Crippen molar-refractivity contribution < 1.29 is 24.9 Å². The zero-order valence-corrected chi connectivity index (χ0v) is 22.9. The molecular weight excluding hydrogens is 440 g/mol. The number of Topliss-reactive ketones (excluding diaryl/α,β-unsaturated/α-hetero) is 1. The van der Waals surface area contributed by atoms with Crippen LogP contribution in [0.4, 0.5) is 0 Å². The number of carbonyl (C=O) groups is 1. The van der Waals surface area contributed by atoms with E-state index in [1.54, 1.807) is 19.4 Å². The van der Waals surface area contributed by atoms with Crippen LogP contribution in [0.2, 0.25) is 0 Å². The summed E-state index contributed by atoms with van der Waals surface area (Å²) in [5.41, 5.74) is 0.409. The van der Waals surface area contributed by atoms with Gasteiger partial charge in [0.25, 0.3) is 0 Å². The summed E-state index contributed by atoms with van der Waals surface area (Å²) in [6.07, 6.45) is 7.78. The maximum absolute atomic E-state index is 12.8. The highest BCUT2D eigenvalue weighted by molar-refractivity contribution is 5.85. The number of allylic oxidation sites excluding steroid dienone is 2. The van der Waals surface area contributed by atoms with Gasteiger partial charge in [0, 0.05) is 17.8 Å². The van der Waals surface area contributed by atoms with Crippen LogP contribution in [0.25, 0.3) is 0 Å². The van der Waals surface area contributed by atoms with Gasteiger partial charge < -0.3 is 20.1 Å². The molecule has 10 atom stereocenters. The molecule has 4 fully saturated rings. The van der Waals surface area contributed by atoms with Crippen molar-refractivity contribution in [3.8, 4) is 0 Å². The summed E-state index contributed by atoms with van der Waals surface area (Å²) in [6.45, 7) is 14.9. The number of hydrogen-bond acceptors (Lipinski definition) is 5. The molecule has 4 aliphatic carbocycles. The van der Waals surface area contributed by atoms with Crippen LogP contribution in [0.1, 0.15) is 99.8 Å². The quantitative estimate of drug-likeness (QED) is 0.486. The van der Waals surface area contributed by atoms with Gasteiger partial charge in [0.15, 0.2) is 6.29 Å². The van der Waals surface area contributed by atoms with Crippen LogP contribution >= 0.6 is 0 Å². The van der Waals surface area contributed by atoms with Gasteiger partial charge in [-0.15, -0.1) is 0 Å². The first-order valence-electron chi connectivity index (χ1n) is 14.0. The highest BCUT2D eigenvalue weighted by atomic mass is 16.6. The van der Waals surface area contributed by atoms with Gasteiger partial charge in [-0.05, 0) is 92.8 Å². The Morgan fingerprint density at radius 2 is 1.77 bits per heavy atom. The molecule has 3 N–H and O–H groups in total. The average molecular weight is 489 g/mol. The summed E-state index contributed by atoms with van der Waals surface area (Å²) in [5.74, 6) is 1.66. The minimum absolute atomic E-state index is 0.0286. The number of ether oxygens (including phenoxy) is 1. The van der Waals surface area contributed by atoms with Crippen molar-refractivity contribution in [2.24, 2.45) is 45.3 Å². The van der Waals surface area contributed by atoms with E-state index >= 15 is 0 Å². The fraction of sp³-hybridized carbons (Fsp3) is 0.900. The van der Waals surface area contributed by atoms with E-state index in [0.717, 1.165) is 38.5 Å². The molecule has 0 amide bonds. The lowest BCUT2D eigenvalue weighted by Crippen LogP contribution is -2.57. The Labute approximate surface area is 211 Å². The Hall–Kier alpha value is -0.750. The molecule has 0 aromatic carbocycles. The van der Waals surface area contributed by atoms with Crippen LogP contribution in [0.15, 0.2) is 11.6 Å². The van der Waals surface area contributed by atoms with Gasteiger partial charge in [0.1, 0.15) is 11.9 Å². The predicted octanol–water partition coefficient (Wildman–Crippen LogP) is 5.02. The third kappa shape index (κ3) is 3.43. The third-order valence-corrected chi connectivity index (χ3v) is 12.4. The van der Waals surface area contributed by atoms with E-state index < -0.39 is 24.1 Å². The van der Waals surface area contributed by atoms with Crippen molar-refractivity contribution in [1.29, 1.82) is 0 Å². The molecule has 2 unspecified atom stereocenters. The molecule has 3 saturated carbocycles. The SMILES string of the molecule is CC(C)(O)C(O)C1C[C@@H]([C@@H]2CC[C@]3(C)C4=CC[C@H]5C(C)(C)C(=O)CC[C@]5(C)[C@H]4CC[C@@]23C)[C@H](O)O1. The molecule has 0 spiro atoms. The number of hydrogen-bond donors (Lipinski definition) is 3. The maximum Gasteiger partial charge on any atom is 0.158 e. The Morgan fingerprint density at radius 3 is 2.43 bits per heavy atom. The second-order valence-electron chi connectivity index (χ2n) is 14.6. The summed E-state index contributed by atoms with van der Waals surface area (Å²) in [5, 5.41) is 31.9. The smallest absolute Gasteiger partial charge is 0.158 e. The van der Waals surface area contributed by atoms with Crippen LogP contribution in [-0.4, -0.2) is 45.2 Å². The molecule has 1 heterocycles. The van der Waals surface area contributed by atoms with E-state index in [0.29, 0.717) is 36.4 Å². The first kappa shape index (κ1) is 25.9. The maximum atomic E-state index is 12.8. The zero-order valence-electron chi connectivity index (χ0n) is 22.9. The molecular formula is C30H48O5. The molecule has 5 heteroatoms. The molecule has 1 saturated heterocycles. The molecule has 5 aliphatic rings. The lowest BCUT2D eigenvalue weighted by atomic mass is 9.41. The average Bonchev–Trinajstić information content (AvgIpc) is 3.26. The normalized spacial score (nSPS) is 50.2. The summed E-state index contributed by atoms with van der Waals surface area (Å²) in [6, 6.07) is 0. The Kier molecular flexibility index (Phi) is 5.83. The molecule has 0 radical (unpaired) electrons. The highest BCUT2D eigenvalue weighted by Crippen LogP contribution is 2.73. The molecule has 35 heavy (non-hydrogen) atoms. The highest BCUT2D eigenvalue weighted by Gasteiger charge is 2.66. The predicted molar refractivity (Wildman–Crippen MR) is 135 cm³/mol. The van der Waals surface area contributed by atoms with Crippen molar-refractivity contribution in [2.75, 3.05) is 0 Å². The Balaban J connectivity index is 1.44. The first-order valence-corrected chi connectivity index (χ1v) is 14.0. The van der Waals surface area contributed by atoms with E-state index in [1.807, 2.05) is 0 Å². The van der Waals surface area contributed by atoms with Gasteiger partial charge in [0.05, 0.1) is 11.7 Å². The van der Waals surface area contributed by atoms with Crippen molar-refractivity contribution in [3.05, 3.63) is 11.6 Å². The molecule has 5 rings (SSSR count). The van der Waals surface area contributed by atoms with Gasteiger partial charge in [-0.2, -0.15) is 0 Å². The lowest BCUT2D eigenvalue weighted by molar-refractivity contribution is -0.172. The number of rotatable bonds is 3. The number of aliphatic hydroxyl groups is 3. The standard InChI is InChI=1S/C30H48O5/c1-26(2)22-9-8-20-19(28(22,5)13-12-23(26)31)11-15-29(6)18(10-14-30(20,29)7)17-16-21(35-25(17)33)24(32)27(3,4)34/h8,17-19,21-22,24-25,32-34H,9-16H2,1-7H3/t17-,18-,19-,21?,22-,24?,25+,28+,29-,30+/m0/s1. The second kappa shape index (κ2) is 7.88. The van der Waals surface area contributed by atoms with E-state index in [-0.39, 0.29) is 27.6 Å². The summed E-state index contributed by atoms with van der Waals surface area (Å²) in [7, 11) is 0. The van der Waals surface area contributed by atoms with Crippen LogP contribution in [0, 0.1) is 45.3 Å². The second-order valence-corrected chi connectivity index (χ2v) is 14.6. The molecule has 198 valence electrons. The lowest BCUT2D eigenvalue weighted by Gasteiger charge is -2.63. The van der Waals surface area contributed by atoms with Crippen molar-refractivity contribution in [2.45, 2.75) is 124 Å². The molecule has 0 bridgehead atoms. The fourth-order valence-corrected chi connectivity index (χ4v) is 9.98. The largest absolute Gasteiger partial charge is 0.388 e. The van der Waals surface area contributed by atoms with Gasteiger partial charge in [-0.3, -0.25) is 4.79 Å². The fourth-order valence-electron chi connectivity index (χ4n) is 9.98. The van der Waals surface area contributed by atoms with E-state index in [2.05, 4.69) is 40.7 Å². The van der Waals surface area contributed by atoms with Gasteiger partial charge in [0.2, 0.25) is 0 Å². The Morgan fingerprint density at radius 1 is 1.09 bits per heavy atom. The van der Waals surface area contributed by atoms with Crippen LogP contribution in [-0.2, 0) is 9.53 Å². The summed E-state index contributed by atoms with van der Waals surface area (Å²) in [4.78, 5) is 12.8. The number of fused-ring (bicyclic) bond motifs is 5. The van der Waals surface area contributed by atoms with Gasteiger partial charge in [-0.1, -0.05) is 46.3 Å². The van der Waals surface area contributed by atoms with E-state index in [4.69, 9.17) is 4.74 Å². The van der Waals surface area contributed by atoms with E-state index in [9.17, 15) is 20.1 Å². The Bertz CT molecular complexity index is 916. The minimum atomic E-state index is -1.26. The first-order chi connectivity index (χ1) is 16.1. The van der Waals surface area contributed by atoms with Crippen LogP contribution < -0.4 is 0 Å². The van der Waals surface area contributed by atoms with Crippen molar-refractivity contribution in [3.63, 3.8) is 0 Å². The monoisotopic (exact) mass is 488 g/mol. The molecule has 1 aliphatic heterocycles. The van der Waals surface area contributed by atoms with Crippen LogP contribution in [0.3, 0.4) is 0 Å². The summed E-state index contributed by atoms with van der Waals surface area (Å²) < 4.78 is 5.86. The molecule has 0 aromatic rings. The number of ketones is 1. The van der Waals surface area contributed by atoms with E-state index in [1.165, 1.54) is 0 Å². The van der Waals surface area contributed by atoms with Gasteiger partial charge >= 0.3 is 0 Å². The number of aliphatic hydroxyl groups excluding tert-OH is 2. The van der Waals surface area contributed by atoms with Crippen molar-refractivity contribution >= 4 is 5.78 Å². The zero-order chi connectivity index (χ0) is 25.8. The molecule has 5 nitrogen and oxygen atoms in total. The molecule has 0 aromatic heterocycles.